The van der Waals surface area contributed by atoms with Crippen LogP contribution in [0.3, 0.4) is 0 Å². The van der Waals surface area contributed by atoms with Gasteiger partial charge in [0.1, 0.15) is 0 Å². The molecular formula is C21H26F3N3O5. The van der Waals surface area contributed by atoms with Crippen molar-refractivity contribution in [1.29, 1.82) is 0 Å². The molecule has 0 unspecified atom stereocenters. The highest BCUT2D eigenvalue weighted by molar-refractivity contribution is 5.94. The van der Waals surface area contributed by atoms with E-state index < -0.39 is 12.1 Å². The molecule has 3 fully saturated rings. The number of ether oxygens (including phenoxy) is 1. The molecule has 3 saturated heterocycles. The predicted octanol–water partition coefficient (Wildman–Crippen LogP) is 2.06. The molecule has 0 bridgehead atoms. The van der Waals surface area contributed by atoms with E-state index in [1.54, 1.807) is 18.5 Å². The molecule has 0 aromatic carbocycles. The average molecular weight is 457 g/mol. The van der Waals surface area contributed by atoms with Gasteiger partial charge < -0.3 is 19.6 Å². The number of aromatic nitrogens is 1. The minimum Gasteiger partial charge on any atom is -0.475 e. The zero-order valence-electron chi connectivity index (χ0n) is 17.5. The Kier molecular flexibility index (Phi) is 7.70. The molecule has 32 heavy (non-hydrogen) atoms. The maximum Gasteiger partial charge on any atom is 0.490 e. The van der Waals surface area contributed by atoms with Crippen LogP contribution in [0.4, 0.5) is 13.2 Å². The van der Waals surface area contributed by atoms with Crippen LogP contribution in [0.2, 0.25) is 0 Å². The summed E-state index contributed by atoms with van der Waals surface area (Å²) in [5, 5.41) is 7.12. The van der Waals surface area contributed by atoms with Crippen molar-refractivity contribution in [2.45, 2.75) is 25.4 Å². The first kappa shape index (κ1) is 24.0. The van der Waals surface area contributed by atoms with E-state index in [1.807, 2.05) is 15.9 Å². The number of carbonyl (C=O) groups is 3. The Balaban J connectivity index is 0.000000360. The second-order valence-corrected chi connectivity index (χ2v) is 8.27. The summed E-state index contributed by atoms with van der Waals surface area (Å²) in [4.78, 5) is 42.1. The van der Waals surface area contributed by atoms with Crippen molar-refractivity contribution < 1.29 is 37.4 Å². The van der Waals surface area contributed by atoms with Crippen LogP contribution in [0.25, 0.3) is 0 Å². The zero-order chi connectivity index (χ0) is 23.3. The second-order valence-electron chi connectivity index (χ2n) is 8.27. The quantitative estimate of drug-likeness (QED) is 0.746. The normalized spacial score (nSPS) is 25.0. The highest BCUT2D eigenvalue weighted by atomic mass is 19.4. The Bertz CT molecular complexity index is 815. The Labute approximate surface area is 183 Å². The van der Waals surface area contributed by atoms with Crippen molar-refractivity contribution in [3.05, 3.63) is 30.1 Å². The van der Waals surface area contributed by atoms with E-state index in [-0.39, 0.29) is 17.7 Å². The maximum atomic E-state index is 12.7. The number of carboxylic acids is 1. The van der Waals surface area contributed by atoms with Crippen LogP contribution in [0.5, 0.6) is 0 Å². The van der Waals surface area contributed by atoms with Crippen LogP contribution >= 0.6 is 0 Å². The molecule has 3 aliphatic rings. The summed E-state index contributed by atoms with van der Waals surface area (Å²) in [6, 6.07) is 3.60. The molecule has 176 valence electrons. The summed E-state index contributed by atoms with van der Waals surface area (Å²) in [5.74, 6) is -1.55. The van der Waals surface area contributed by atoms with Crippen molar-refractivity contribution in [2.24, 2.45) is 17.8 Å². The lowest BCUT2D eigenvalue weighted by Gasteiger charge is -2.33. The van der Waals surface area contributed by atoms with Crippen LogP contribution in [-0.4, -0.2) is 83.2 Å². The van der Waals surface area contributed by atoms with Gasteiger partial charge in [0, 0.05) is 50.9 Å². The predicted molar refractivity (Wildman–Crippen MR) is 106 cm³/mol. The number of hydrogen-bond donors (Lipinski definition) is 1. The van der Waals surface area contributed by atoms with E-state index >= 15 is 0 Å². The molecule has 0 aliphatic carbocycles. The number of pyridine rings is 1. The Morgan fingerprint density at radius 2 is 1.81 bits per heavy atom. The van der Waals surface area contributed by atoms with E-state index in [0.29, 0.717) is 43.6 Å². The standard InChI is InChI=1S/C19H25N3O3.C2HF3O2/c23-18(21-6-1-2-7-21)8-15-12-25-13-16-10-22(11-17(15)16)19(24)14-4-3-5-20-9-14;3-2(4,5)1(6)7/h3-5,9,15-17H,1-2,6-8,10-13H2;(H,6,7)/t15-,16-,17+;/m1./s1. The summed E-state index contributed by atoms with van der Waals surface area (Å²) in [6.45, 7) is 4.55. The Morgan fingerprint density at radius 1 is 1.12 bits per heavy atom. The smallest absolute Gasteiger partial charge is 0.475 e. The van der Waals surface area contributed by atoms with Gasteiger partial charge in [-0.15, -0.1) is 0 Å². The fourth-order valence-corrected chi connectivity index (χ4v) is 4.47. The van der Waals surface area contributed by atoms with Crippen LogP contribution in [-0.2, 0) is 14.3 Å². The Morgan fingerprint density at radius 3 is 2.41 bits per heavy atom. The topological polar surface area (TPSA) is 100 Å². The Hall–Kier alpha value is -2.69. The molecule has 8 nitrogen and oxygen atoms in total. The molecule has 2 amide bonds. The van der Waals surface area contributed by atoms with Gasteiger partial charge in [-0.1, -0.05) is 0 Å². The largest absolute Gasteiger partial charge is 0.490 e. The molecule has 1 aromatic heterocycles. The first-order valence-electron chi connectivity index (χ1n) is 10.5. The van der Waals surface area contributed by atoms with E-state index in [2.05, 4.69) is 4.98 Å². The van der Waals surface area contributed by atoms with Crippen molar-refractivity contribution in [3.8, 4) is 0 Å². The fourth-order valence-electron chi connectivity index (χ4n) is 4.47. The lowest BCUT2D eigenvalue weighted by molar-refractivity contribution is -0.192. The number of carboxylic acid groups (broad SMARTS) is 1. The third-order valence-corrected chi connectivity index (χ3v) is 6.09. The van der Waals surface area contributed by atoms with Crippen molar-refractivity contribution in [2.75, 3.05) is 39.4 Å². The van der Waals surface area contributed by atoms with Crippen LogP contribution in [0, 0.1) is 17.8 Å². The van der Waals surface area contributed by atoms with E-state index in [0.717, 1.165) is 32.5 Å². The van der Waals surface area contributed by atoms with Gasteiger partial charge in [-0.3, -0.25) is 14.6 Å². The molecule has 3 atom stereocenters. The number of amides is 2. The number of likely N-dealkylation sites (tertiary alicyclic amines) is 2. The molecule has 0 spiro atoms. The minimum atomic E-state index is -5.08. The monoisotopic (exact) mass is 457 g/mol. The minimum absolute atomic E-state index is 0.0344. The zero-order valence-corrected chi connectivity index (χ0v) is 17.5. The molecule has 1 N–H and O–H groups in total. The summed E-state index contributed by atoms with van der Waals surface area (Å²) in [5.41, 5.74) is 0.631. The molecule has 3 aliphatic heterocycles. The highest BCUT2D eigenvalue weighted by Gasteiger charge is 2.43. The number of rotatable bonds is 3. The molecule has 4 rings (SSSR count). The third-order valence-electron chi connectivity index (χ3n) is 6.09. The second kappa shape index (κ2) is 10.3. The highest BCUT2D eigenvalue weighted by Crippen LogP contribution is 2.36. The van der Waals surface area contributed by atoms with Gasteiger partial charge in [0.2, 0.25) is 5.91 Å². The number of halogens is 3. The summed E-state index contributed by atoms with van der Waals surface area (Å²) >= 11 is 0. The van der Waals surface area contributed by atoms with Crippen molar-refractivity contribution in [1.82, 2.24) is 14.8 Å². The van der Waals surface area contributed by atoms with Gasteiger partial charge in [-0.2, -0.15) is 13.2 Å². The van der Waals surface area contributed by atoms with Gasteiger partial charge in [0.25, 0.3) is 5.91 Å². The number of alkyl halides is 3. The number of fused-ring (bicyclic) bond motifs is 1. The SMILES string of the molecule is O=C(C[C@@H]1COC[C@H]2CN(C(=O)c3cccnc3)C[C@@H]12)N1CCCC1.O=C(O)C(F)(F)F. The van der Waals surface area contributed by atoms with E-state index in [4.69, 9.17) is 14.6 Å². The molecule has 0 radical (unpaired) electrons. The van der Waals surface area contributed by atoms with E-state index in [1.165, 1.54) is 0 Å². The first-order valence-corrected chi connectivity index (χ1v) is 10.5. The van der Waals surface area contributed by atoms with Gasteiger partial charge in [0.05, 0.1) is 18.8 Å². The van der Waals surface area contributed by atoms with Gasteiger partial charge in [-0.25, -0.2) is 4.79 Å². The first-order chi connectivity index (χ1) is 15.2. The maximum absolute atomic E-state index is 12.7. The lowest BCUT2D eigenvalue weighted by atomic mass is 9.81. The third kappa shape index (κ3) is 5.96. The van der Waals surface area contributed by atoms with Gasteiger partial charge in [-0.05, 0) is 36.8 Å². The fraction of sp³-hybridized carbons (Fsp3) is 0.619. The molecule has 0 saturated carbocycles. The van der Waals surface area contributed by atoms with Crippen LogP contribution in [0.1, 0.15) is 29.6 Å². The van der Waals surface area contributed by atoms with Crippen LogP contribution < -0.4 is 0 Å². The van der Waals surface area contributed by atoms with Crippen LogP contribution in [0.15, 0.2) is 24.5 Å². The van der Waals surface area contributed by atoms with Gasteiger partial charge in [0.15, 0.2) is 0 Å². The molecule has 4 heterocycles. The summed E-state index contributed by atoms with van der Waals surface area (Å²) < 4.78 is 37.5. The lowest BCUT2D eigenvalue weighted by Crippen LogP contribution is -2.39. The van der Waals surface area contributed by atoms with Crippen molar-refractivity contribution in [3.63, 3.8) is 0 Å². The van der Waals surface area contributed by atoms with Gasteiger partial charge >= 0.3 is 12.1 Å². The number of aliphatic carboxylic acids is 1. The number of nitrogens with zero attached hydrogens (tertiary/aromatic N) is 3. The molecule has 1 aromatic rings. The molecular weight excluding hydrogens is 431 g/mol. The summed E-state index contributed by atoms with van der Waals surface area (Å²) in [6.07, 6.45) is 0.998. The molecule has 11 heteroatoms. The summed E-state index contributed by atoms with van der Waals surface area (Å²) in [7, 11) is 0. The number of carbonyl (C=O) groups excluding carboxylic acids is 2. The van der Waals surface area contributed by atoms with Crippen molar-refractivity contribution >= 4 is 17.8 Å². The number of hydrogen-bond acceptors (Lipinski definition) is 5. The van der Waals surface area contributed by atoms with E-state index in [9.17, 15) is 22.8 Å². The average Bonchev–Trinajstić information content (AvgIpc) is 3.44.